The van der Waals surface area contributed by atoms with Crippen molar-refractivity contribution in [3.8, 4) is 0 Å². The van der Waals surface area contributed by atoms with Crippen molar-refractivity contribution in [1.82, 2.24) is 15.5 Å². The molecule has 21 heavy (non-hydrogen) atoms. The number of likely N-dealkylation sites (tertiary alicyclic amines) is 1. The van der Waals surface area contributed by atoms with Gasteiger partial charge in [-0.2, -0.15) is 0 Å². The topological polar surface area (TPSA) is 105 Å². The largest absolute Gasteiger partial charge is 0.359 e. The summed E-state index contributed by atoms with van der Waals surface area (Å²) in [6.45, 7) is 6.35. The van der Waals surface area contributed by atoms with Gasteiger partial charge in [-0.1, -0.05) is 13.8 Å². The molecule has 0 aromatic carbocycles. The second-order valence-corrected chi connectivity index (χ2v) is 6.19. The Bertz CT molecular complexity index is 424. The fraction of sp³-hybridized carbons (Fsp3) is 0.786. The molecular weight excluding hydrogens is 272 g/mol. The molecule has 7 heteroatoms. The normalized spacial score (nSPS) is 23.0. The van der Waals surface area contributed by atoms with E-state index in [0.717, 1.165) is 0 Å². The Labute approximate surface area is 125 Å². The zero-order chi connectivity index (χ0) is 16.2. The number of rotatable bonds is 5. The number of hydrogen-bond acceptors (Lipinski definition) is 4. The summed E-state index contributed by atoms with van der Waals surface area (Å²) in [5.41, 5.74) is 5.16. The van der Waals surface area contributed by atoms with Gasteiger partial charge < -0.3 is 21.3 Å². The molecule has 1 aliphatic heterocycles. The van der Waals surface area contributed by atoms with E-state index in [2.05, 4.69) is 10.6 Å². The Hall–Kier alpha value is -1.63. The third-order valence-corrected chi connectivity index (χ3v) is 4.04. The van der Waals surface area contributed by atoms with E-state index in [9.17, 15) is 14.4 Å². The standard InChI is InChI=1S/C14H26N4O3/c1-9(2)11(15)12(20)17-7-10(19)18-6-5-14(3,8-18)13(21)16-4/h9,11H,5-8,15H2,1-4H3,(H,16,21)(H,17,20)/t11-,14?/m0/s1. The average Bonchev–Trinajstić information content (AvgIpc) is 2.86. The van der Waals surface area contributed by atoms with Crippen LogP contribution in [0.5, 0.6) is 0 Å². The second-order valence-electron chi connectivity index (χ2n) is 6.19. The molecule has 1 aliphatic rings. The van der Waals surface area contributed by atoms with Crippen LogP contribution in [-0.2, 0) is 14.4 Å². The van der Waals surface area contributed by atoms with Crippen LogP contribution in [0, 0.1) is 11.3 Å². The summed E-state index contributed by atoms with van der Waals surface area (Å²) in [7, 11) is 1.59. The first-order chi connectivity index (χ1) is 9.71. The molecule has 2 atom stereocenters. The van der Waals surface area contributed by atoms with Crippen molar-refractivity contribution in [2.24, 2.45) is 17.1 Å². The molecule has 0 aromatic heterocycles. The number of amides is 3. The Morgan fingerprint density at radius 2 is 1.95 bits per heavy atom. The maximum atomic E-state index is 12.1. The molecule has 0 spiro atoms. The Morgan fingerprint density at radius 1 is 1.33 bits per heavy atom. The van der Waals surface area contributed by atoms with Crippen LogP contribution in [0.4, 0.5) is 0 Å². The van der Waals surface area contributed by atoms with Crippen molar-refractivity contribution in [3.63, 3.8) is 0 Å². The molecule has 0 saturated carbocycles. The van der Waals surface area contributed by atoms with Crippen LogP contribution < -0.4 is 16.4 Å². The molecular formula is C14H26N4O3. The van der Waals surface area contributed by atoms with Gasteiger partial charge in [0, 0.05) is 20.1 Å². The van der Waals surface area contributed by atoms with Gasteiger partial charge >= 0.3 is 0 Å². The van der Waals surface area contributed by atoms with Crippen LogP contribution in [0.25, 0.3) is 0 Å². The summed E-state index contributed by atoms with van der Waals surface area (Å²) < 4.78 is 0. The average molecular weight is 298 g/mol. The first-order valence-corrected chi connectivity index (χ1v) is 7.24. The first kappa shape index (κ1) is 17.4. The van der Waals surface area contributed by atoms with Gasteiger partial charge in [0.1, 0.15) is 0 Å². The van der Waals surface area contributed by atoms with E-state index in [0.29, 0.717) is 19.5 Å². The number of carbonyl (C=O) groups excluding carboxylic acids is 3. The van der Waals surface area contributed by atoms with E-state index >= 15 is 0 Å². The van der Waals surface area contributed by atoms with Crippen molar-refractivity contribution in [2.45, 2.75) is 33.2 Å². The molecule has 0 aliphatic carbocycles. The molecule has 7 nitrogen and oxygen atoms in total. The highest BCUT2D eigenvalue weighted by atomic mass is 16.2. The Kier molecular flexibility index (Phi) is 5.71. The van der Waals surface area contributed by atoms with Gasteiger partial charge in [0.05, 0.1) is 18.0 Å². The Morgan fingerprint density at radius 3 is 2.48 bits per heavy atom. The summed E-state index contributed by atoms with van der Waals surface area (Å²) in [5, 5.41) is 5.18. The number of nitrogens with one attached hydrogen (secondary N) is 2. The maximum absolute atomic E-state index is 12.1. The van der Waals surface area contributed by atoms with Gasteiger partial charge in [-0.05, 0) is 19.3 Å². The van der Waals surface area contributed by atoms with E-state index in [1.165, 1.54) is 0 Å². The molecule has 1 fully saturated rings. The zero-order valence-corrected chi connectivity index (χ0v) is 13.2. The van der Waals surface area contributed by atoms with Crippen molar-refractivity contribution in [2.75, 3.05) is 26.7 Å². The highest BCUT2D eigenvalue weighted by molar-refractivity contribution is 5.89. The van der Waals surface area contributed by atoms with E-state index in [4.69, 9.17) is 5.73 Å². The molecule has 3 amide bonds. The monoisotopic (exact) mass is 298 g/mol. The van der Waals surface area contributed by atoms with E-state index in [-0.39, 0.29) is 30.2 Å². The van der Waals surface area contributed by atoms with Crippen molar-refractivity contribution in [1.29, 1.82) is 0 Å². The minimum atomic E-state index is -0.618. The molecule has 1 rings (SSSR count). The van der Waals surface area contributed by atoms with Crippen LogP contribution in [0.1, 0.15) is 27.2 Å². The fourth-order valence-corrected chi connectivity index (χ4v) is 2.36. The SMILES string of the molecule is CNC(=O)C1(C)CCN(C(=O)CNC(=O)[C@@H](N)C(C)C)C1. The van der Waals surface area contributed by atoms with Crippen LogP contribution >= 0.6 is 0 Å². The number of carbonyl (C=O) groups is 3. The smallest absolute Gasteiger partial charge is 0.241 e. The highest BCUT2D eigenvalue weighted by Crippen LogP contribution is 2.29. The quantitative estimate of drug-likeness (QED) is 0.610. The third-order valence-electron chi connectivity index (χ3n) is 4.04. The molecule has 4 N–H and O–H groups in total. The molecule has 1 unspecified atom stereocenters. The molecule has 1 heterocycles. The van der Waals surface area contributed by atoms with E-state index in [1.54, 1.807) is 11.9 Å². The molecule has 0 aromatic rings. The summed E-state index contributed by atoms with van der Waals surface area (Å²) >= 11 is 0. The second kappa shape index (κ2) is 6.89. The summed E-state index contributed by atoms with van der Waals surface area (Å²) in [6, 6.07) is -0.618. The van der Waals surface area contributed by atoms with Gasteiger partial charge in [0.2, 0.25) is 17.7 Å². The lowest BCUT2D eigenvalue weighted by atomic mass is 9.89. The van der Waals surface area contributed by atoms with E-state index < -0.39 is 11.5 Å². The predicted molar refractivity (Wildman–Crippen MR) is 79.2 cm³/mol. The third kappa shape index (κ3) is 4.17. The van der Waals surface area contributed by atoms with Gasteiger partial charge in [0.25, 0.3) is 0 Å². The highest BCUT2D eigenvalue weighted by Gasteiger charge is 2.41. The van der Waals surface area contributed by atoms with Crippen molar-refractivity contribution < 1.29 is 14.4 Å². The van der Waals surface area contributed by atoms with Crippen LogP contribution in [0.2, 0.25) is 0 Å². The summed E-state index contributed by atoms with van der Waals surface area (Å²) in [6.07, 6.45) is 0.623. The van der Waals surface area contributed by atoms with E-state index in [1.807, 2.05) is 20.8 Å². The maximum Gasteiger partial charge on any atom is 0.241 e. The van der Waals surface area contributed by atoms with Crippen LogP contribution in [0.15, 0.2) is 0 Å². The van der Waals surface area contributed by atoms with Crippen LogP contribution in [0.3, 0.4) is 0 Å². The number of hydrogen-bond donors (Lipinski definition) is 3. The minimum Gasteiger partial charge on any atom is -0.359 e. The lowest BCUT2D eigenvalue weighted by Crippen LogP contribution is -2.48. The number of nitrogens with two attached hydrogens (primary N) is 1. The lowest BCUT2D eigenvalue weighted by Gasteiger charge is -2.23. The molecule has 1 saturated heterocycles. The lowest BCUT2D eigenvalue weighted by molar-refractivity contribution is -0.134. The van der Waals surface area contributed by atoms with Crippen LogP contribution in [-0.4, -0.2) is 55.3 Å². The molecule has 0 bridgehead atoms. The first-order valence-electron chi connectivity index (χ1n) is 7.24. The van der Waals surface area contributed by atoms with Gasteiger partial charge in [-0.3, -0.25) is 14.4 Å². The Balaban J connectivity index is 2.48. The van der Waals surface area contributed by atoms with Gasteiger partial charge in [-0.25, -0.2) is 0 Å². The summed E-state index contributed by atoms with van der Waals surface area (Å²) in [4.78, 5) is 37.2. The molecule has 120 valence electrons. The van der Waals surface area contributed by atoms with Crippen molar-refractivity contribution >= 4 is 17.7 Å². The van der Waals surface area contributed by atoms with Gasteiger partial charge in [-0.15, -0.1) is 0 Å². The van der Waals surface area contributed by atoms with Crippen molar-refractivity contribution in [3.05, 3.63) is 0 Å². The molecule has 0 radical (unpaired) electrons. The zero-order valence-electron chi connectivity index (χ0n) is 13.2. The predicted octanol–water partition coefficient (Wildman–Crippen LogP) is -0.929. The van der Waals surface area contributed by atoms with Gasteiger partial charge in [0.15, 0.2) is 0 Å². The fourth-order valence-electron chi connectivity index (χ4n) is 2.36. The summed E-state index contributed by atoms with van der Waals surface area (Å²) in [5.74, 6) is -0.564. The number of nitrogens with zero attached hydrogens (tertiary/aromatic N) is 1. The minimum absolute atomic E-state index is 0.0171.